The van der Waals surface area contributed by atoms with Crippen LogP contribution in [0.15, 0.2) is 36.4 Å². The maximum atomic E-state index is 6.17. The number of hydrogen-bond donors (Lipinski definition) is 1. The van der Waals surface area contributed by atoms with Crippen molar-refractivity contribution in [3.8, 4) is 5.75 Å². The van der Waals surface area contributed by atoms with E-state index in [1.807, 2.05) is 0 Å². The molecule has 2 nitrogen and oxygen atoms in total. The highest BCUT2D eigenvalue weighted by Gasteiger charge is 2.15. The molecule has 0 spiro atoms. The summed E-state index contributed by atoms with van der Waals surface area (Å²) in [5.41, 5.74) is 11.9. The average Bonchev–Trinajstić information content (AvgIpc) is 2.42. The van der Waals surface area contributed by atoms with Crippen LogP contribution >= 0.6 is 0 Å². The van der Waals surface area contributed by atoms with E-state index in [-0.39, 0.29) is 6.10 Å². The Bertz CT molecular complexity index is 604. The second-order valence-corrected chi connectivity index (χ2v) is 5.47. The normalized spacial score (nSPS) is 12.2. The highest BCUT2D eigenvalue weighted by atomic mass is 16.5. The Morgan fingerprint density at radius 3 is 2.15 bits per heavy atom. The highest BCUT2D eigenvalue weighted by molar-refractivity contribution is 5.38. The standard InChI is InChI=1S/C18H23NO/c1-12-5-7-14(3)16(9-12)18(11-19)20-17-10-13(2)6-8-15(17)4/h5-10,18H,11,19H2,1-4H3. The zero-order valence-corrected chi connectivity index (χ0v) is 12.7. The number of ether oxygens (including phenoxy) is 1. The van der Waals surface area contributed by atoms with Gasteiger partial charge in [0, 0.05) is 6.54 Å². The van der Waals surface area contributed by atoms with Gasteiger partial charge in [-0.1, -0.05) is 35.9 Å². The molecular formula is C18H23NO. The molecule has 1 unspecified atom stereocenters. The molecule has 0 saturated heterocycles. The Morgan fingerprint density at radius 1 is 0.900 bits per heavy atom. The van der Waals surface area contributed by atoms with Crippen LogP contribution in [0.4, 0.5) is 0 Å². The molecule has 1 atom stereocenters. The molecule has 0 heterocycles. The summed E-state index contributed by atoms with van der Waals surface area (Å²) in [5, 5.41) is 0. The number of benzene rings is 2. The van der Waals surface area contributed by atoms with Crippen molar-refractivity contribution in [3.63, 3.8) is 0 Å². The largest absolute Gasteiger partial charge is 0.484 e. The minimum atomic E-state index is -0.101. The molecule has 2 N–H and O–H groups in total. The summed E-state index contributed by atoms with van der Waals surface area (Å²) in [5.74, 6) is 0.918. The molecule has 0 aromatic heterocycles. The molecule has 20 heavy (non-hydrogen) atoms. The Labute approximate surface area is 121 Å². The first-order valence-electron chi connectivity index (χ1n) is 7.02. The number of hydrogen-bond acceptors (Lipinski definition) is 2. The Hall–Kier alpha value is -1.80. The van der Waals surface area contributed by atoms with Crippen molar-refractivity contribution in [1.82, 2.24) is 0 Å². The second kappa shape index (κ2) is 6.10. The van der Waals surface area contributed by atoms with E-state index in [1.54, 1.807) is 0 Å². The van der Waals surface area contributed by atoms with E-state index in [0.29, 0.717) is 6.54 Å². The van der Waals surface area contributed by atoms with E-state index in [9.17, 15) is 0 Å². The van der Waals surface area contributed by atoms with E-state index in [0.717, 1.165) is 11.3 Å². The second-order valence-electron chi connectivity index (χ2n) is 5.47. The summed E-state index contributed by atoms with van der Waals surface area (Å²) in [4.78, 5) is 0. The zero-order chi connectivity index (χ0) is 14.7. The first kappa shape index (κ1) is 14.6. The molecule has 2 aromatic carbocycles. The Kier molecular flexibility index (Phi) is 4.46. The van der Waals surface area contributed by atoms with Gasteiger partial charge in [-0.25, -0.2) is 0 Å². The highest BCUT2D eigenvalue weighted by Crippen LogP contribution is 2.27. The van der Waals surface area contributed by atoms with E-state index in [2.05, 4.69) is 64.1 Å². The molecule has 2 rings (SSSR count). The van der Waals surface area contributed by atoms with Gasteiger partial charge in [0.25, 0.3) is 0 Å². The Morgan fingerprint density at radius 2 is 1.50 bits per heavy atom. The molecule has 0 aliphatic rings. The predicted molar refractivity (Wildman–Crippen MR) is 84.3 cm³/mol. The predicted octanol–water partition coefficient (Wildman–Crippen LogP) is 4.00. The van der Waals surface area contributed by atoms with Gasteiger partial charge in [-0.05, 0) is 56.0 Å². The fraction of sp³-hybridized carbons (Fsp3) is 0.333. The van der Waals surface area contributed by atoms with Crippen LogP contribution in [-0.4, -0.2) is 6.54 Å². The maximum absolute atomic E-state index is 6.17. The molecule has 0 aliphatic heterocycles. The molecule has 106 valence electrons. The van der Waals surface area contributed by atoms with Gasteiger partial charge in [0.15, 0.2) is 0 Å². The van der Waals surface area contributed by atoms with Crippen LogP contribution in [0.25, 0.3) is 0 Å². The number of aryl methyl sites for hydroxylation is 4. The van der Waals surface area contributed by atoms with Gasteiger partial charge in [0.05, 0.1) is 0 Å². The summed E-state index contributed by atoms with van der Waals surface area (Å²) in [7, 11) is 0. The van der Waals surface area contributed by atoms with Crippen LogP contribution in [0.3, 0.4) is 0 Å². The lowest BCUT2D eigenvalue weighted by Gasteiger charge is -2.21. The van der Waals surface area contributed by atoms with Crippen molar-refractivity contribution in [2.75, 3.05) is 6.54 Å². The molecule has 2 aromatic rings. The van der Waals surface area contributed by atoms with Crippen molar-refractivity contribution in [3.05, 3.63) is 64.2 Å². The van der Waals surface area contributed by atoms with Crippen LogP contribution < -0.4 is 10.5 Å². The van der Waals surface area contributed by atoms with Gasteiger partial charge in [0.2, 0.25) is 0 Å². The third kappa shape index (κ3) is 3.20. The van der Waals surface area contributed by atoms with Gasteiger partial charge in [0.1, 0.15) is 11.9 Å². The zero-order valence-electron chi connectivity index (χ0n) is 12.7. The lowest BCUT2D eigenvalue weighted by molar-refractivity contribution is 0.212. The molecule has 0 amide bonds. The third-order valence-corrected chi connectivity index (χ3v) is 3.61. The van der Waals surface area contributed by atoms with Crippen molar-refractivity contribution in [2.45, 2.75) is 33.8 Å². The molecule has 2 heteroatoms. The molecule has 0 aliphatic carbocycles. The summed E-state index contributed by atoms with van der Waals surface area (Å²) < 4.78 is 6.17. The minimum absolute atomic E-state index is 0.101. The summed E-state index contributed by atoms with van der Waals surface area (Å²) in [6.07, 6.45) is -0.101. The quantitative estimate of drug-likeness (QED) is 0.910. The van der Waals surface area contributed by atoms with Crippen molar-refractivity contribution in [2.24, 2.45) is 5.73 Å². The summed E-state index contributed by atoms with van der Waals surface area (Å²) in [6.45, 7) is 8.79. The summed E-state index contributed by atoms with van der Waals surface area (Å²) >= 11 is 0. The van der Waals surface area contributed by atoms with Gasteiger partial charge in [-0.2, -0.15) is 0 Å². The van der Waals surface area contributed by atoms with Crippen LogP contribution in [0.1, 0.15) is 33.9 Å². The minimum Gasteiger partial charge on any atom is -0.484 e. The van der Waals surface area contributed by atoms with E-state index in [1.165, 1.54) is 22.3 Å². The van der Waals surface area contributed by atoms with E-state index >= 15 is 0 Å². The van der Waals surface area contributed by atoms with Crippen LogP contribution in [0.5, 0.6) is 5.75 Å². The van der Waals surface area contributed by atoms with E-state index in [4.69, 9.17) is 10.5 Å². The van der Waals surface area contributed by atoms with E-state index < -0.39 is 0 Å². The Balaban J connectivity index is 2.33. The molecule has 0 bridgehead atoms. The molecule has 0 fully saturated rings. The van der Waals surface area contributed by atoms with Crippen LogP contribution in [0.2, 0.25) is 0 Å². The topological polar surface area (TPSA) is 35.2 Å². The fourth-order valence-corrected chi connectivity index (χ4v) is 2.33. The third-order valence-electron chi connectivity index (χ3n) is 3.61. The SMILES string of the molecule is Cc1ccc(C)c(OC(CN)c2cc(C)ccc2C)c1. The molecular weight excluding hydrogens is 246 g/mol. The first-order valence-corrected chi connectivity index (χ1v) is 7.02. The van der Waals surface area contributed by atoms with Crippen molar-refractivity contribution in [1.29, 1.82) is 0 Å². The number of nitrogens with two attached hydrogens (primary N) is 1. The summed E-state index contributed by atoms with van der Waals surface area (Å²) in [6, 6.07) is 12.7. The van der Waals surface area contributed by atoms with Gasteiger partial charge in [-0.15, -0.1) is 0 Å². The lowest BCUT2D eigenvalue weighted by Crippen LogP contribution is -2.20. The fourth-order valence-electron chi connectivity index (χ4n) is 2.33. The first-order chi connectivity index (χ1) is 9.51. The lowest BCUT2D eigenvalue weighted by atomic mass is 10.0. The maximum Gasteiger partial charge on any atom is 0.136 e. The van der Waals surface area contributed by atoms with Crippen LogP contribution in [-0.2, 0) is 0 Å². The van der Waals surface area contributed by atoms with Crippen molar-refractivity contribution < 1.29 is 4.74 Å². The molecule has 0 saturated carbocycles. The number of rotatable bonds is 4. The smallest absolute Gasteiger partial charge is 0.136 e. The monoisotopic (exact) mass is 269 g/mol. The van der Waals surface area contributed by atoms with Gasteiger partial charge >= 0.3 is 0 Å². The average molecular weight is 269 g/mol. The van der Waals surface area contributed by atoms with Gasteiger partial charge < -0.3 is 10.5 Å². The molecule has 0 radical (unpaired) electrons. The van der Waals surface area contributed by atoms with Crippen LogP contribution in [0, 0.1) is 27.7 Å². The van der Waals surface area contributed by atoms with Crippen molar-refractivity contribution >= 4 is 0 Å². The van der Waals surface area contributed by atoms with Gasteiger partial charge in [-0.3, -0.25) is 0 Å².